The van der Waals surface area contributed by atoms with Crippen molar-refractivity contribution in [3.8, 4) is 28.7 Å². The summed E-state index contributed by atoms with van der Waals surface area (Å²) in [7, 11) is 0.975. The molecule has 2 heterocycles. The van der Waals surface area contributed by atoms with Crippen LogP contribution >= 0.6 is 0 Å². The molecule has 0 aliphatic carbocycles. The lowest BCUT2D eigenvalue weighted by Crippen LogP contribution is -2.16. The first-order valence-corrected chi connectivity index (χ1v) is 10.4. The van der Waals surface area contributed by atoms with E-state index in [1.807, 2.05) is 0 Å². The fourth-order valence-corrected chi connectivity index (χ4v) is 4.33. The van der Waals surface area contributed by atoms with Crippen molar-refractivity contribution in [1.82, 2.24) is 4.98 Å². The molecule has 3 aromatic rings. The van der Waals surface area contributed by atoms with Gasteiger partial charge < -0.3 is 23.5 Å². The summed E-state index contributed by atoms with van der Waals surface area (Å²) < 4.78 is 48.7. The highest BCUT2D eigenvalue weighted by Crippen LogP contribution is 2.38. The molecule has 9 heteroatoms. The zero-order chi connectivity index (χ0) is 20.6. The molecule has 0 atom stereocenters. The van der Waals surface area contributed by atoms with Crippen molar-refractivity contribution in [2.45, 2.75) is 9.92 Å². The molecular weight excluding hydrogens is 396 g/mol. The highest BCUT2D eigenvalue weighted by Gasteiger charge is 2.31. The highest BCUT2D eigenvalue weighted by atomic mass is 32.2. The minimum Gasteiger partial charge on any atom is -0.497 e. The molecule has 0 spiro atoms. The van der Waals surface area contributed by atoms with Crippen LogP contribution in [0.4, 0.5) is 5.88 Å². The normalized spacial score (nSPS) is 13.2. The van der Waals surface area contributed by atoms with Crippen molar-refractivity contribution in [2.24, 2.45) is 0 Å². The lowest BCUT2D eigenvalue weighted by molar-refractivity contribution is 0.171. The summed E-state index contributed by atoms with van der Waals surface area (Å²) in [4.78, 5) is 5.94. The largest absolute Gasteiger partial charge is 0.497 e. The first kappa shape index (κ1) is 19.1. The van der Waals surface area contributed by atoms with E-state index >= 15 is 0 Å². The van der Waals surface area contributed by atoms with Crippen molar-refractivity contribution in [3.05, 3.63) is 42.5 Å². The van der Waals surface area contributed by atoms with Crippen LogP contribution in [0.2, 0.25) is 0 Å². The number of fused-ring (bicyclic) bond motifs is 1. The van der Waals surface area contributed by atoms with Crippen LogP contribution in [-0.2, 0) is 9.84 Å². The molecule has 0 saturated carbocycles. The van der Waals surface area contributed by atoms with Gasteiger partial charge in [0.1, 0.15) is 19.0 Å². The second-order valence-electron chi connectivity index (χ2n) is 6.56. The van der Waals surface area contributed by atoms with Gasteiger partial charge in [0.15, 0.2) is 11.5 Å². The second kappa shape index (κ2) is 7.32. The number of benzene rings is 2. The van der Waals surface area contributed by atoms with Crippen molar-refractivity contribution >= 4 is 15.7 Å². The number of sulfone groups is 1. The Kier molecular flexibility index (Phi) is 4.83. The Balaban J connectivity index is 1.82. The van der Waals surface area contributed by atoms with E-state index in [1.165, 1.54) is 12.1 Å². The highest BCUT2D eigenvalue weighted by molar-refractivity contribution is 7.91. The van der Waals surface area contributed by atoms with Gasteiger partial charge in [0.2, 0.25) is 26.6 Å². The van der Waals surface area contributed by atoms with Crippen LogP contribution in [0.25, 0.3) is 11.5 Å². The van der Waals surface area contributed by atoms with Crippen molar-refractivity contribution in [2.75, 3.05) is 39.3 Å². The van der Waals surface area contributed by atoms with Crippen LogP contribution < -0.4 is 19.1 Å². The molecule has 0 fully saturated rings. The molecule has 0 radical (unpaired) electrons. The van der Waals surface area contributed by atoms with Crippen LogP contribution in [0.5, 0.6) is 17.2 Å². The minimum atomic E-state index is -3.96. The predicted octanol–water partition coefficient (Wildman–Crippen LogP) is 3.02. The SMILES string of the molecule is COc1cccc(-c2nc(S(=O)(=O)c3ccc4c(c3)OCCO4)c(N(C)C)o2)c1. The van der Waals surface area contributed by atoms with Gasteiger partial charge in [0, 0.05) is 25.7 Å². The number of aromatic nitrogens is 1. The van der Waals surface area contributed by atoms with E-state index in [-0.39, 0.29) is 21.7 Å². The Morgan fingerprint density at radius 2 is 1.79 bits per heavy atom. The van der Waals surface area contributed by atoms with E-state index in [0.717, 1.165) is 0 Å². The van der Waals surface area contributed by atoms with Crippen LogP contribution in [0.15, 0.2) is 56.8 Å². The third-order valence-electron chi connectivity index (χ3n) is 4.38. The number of ether oxygens (including phenoxy) is 3. The topological polar surface area (TPSA) is 91.1 Å². The summed E-state index contributed by atoms with van der Waals surface area (Å²) >= 11 is 0. The van der Waals surface area contributed by atoms with E-state index in [0.29, 0.717) is 36.0 Å². The van der Waals surface area contributed by atoms with Gasteiger partial charge in [0.25, 0.3) is 0 Å². The molecule has 1 aliphatic rings. The number of oxazole rings is 1. The van der Waals surface area contributed by atoms with Crippen molar-refractivity contribution in [3.63, 3.8) is 0 Å². The molecule has 1 aromatic heterocycles. The van der Waals surface area contributed by atoms with E-state index in [9.17, 15) is 8.42 Å². The maximum atomic E-state index is 13.3. The Morgan fingerprint density at radius 1 is 1.03 bits per heavy atom. The van der Waals surface area contributed by atoms with Crippen LogP contribution in [0.3, 0.4) is 0 Å². The molecule has 0 amide bonds. The predicted molar refractivity (Wildman–Crippen MR) is 106 cm³/mol. The Morgan fingerprint density at radius 3 is 2.52 bits per heavy atom. The van der Waals surface area contributed by atoms with Gasteiger partial charge in [-0.1, -0.05) is 6.07 Å². The number of methoxy groups -OCH3 is 1. The zero-order valence-electron chi connectivity index (χ0n) is 16.2. The summed E-state index contributed by atoms with van der Waals surface area (Å²) in [5.41, 5.74) is 0.607. The lowest BCUT2D eigenvalue weighted by Gasteiger charge is -2.18. The maximum Gasteiger partial charge on any atom is 0.235 e. The average molecular weight is 416 g/mol. The molecule has 4 rings (SSSR count). The quantitative estimate of drug-likeness (QED) is 0.627. The smallest absolute Gasteiger partial charge is 0.235 e. The monoisotopic (exact) mass is 416 g/mol. The van der Waals surface area contributed by atoms with E-state index in [2.05, 4.69) is 4.98 Å². The third kappa shape index (κ3) is 3.49. The van der Waals surface area contributed by atoms with Gasteiger partial charge in [-0.05, 0) is 30.3 Å². The first-order chi connectivity index (χ1) is 13.9. The molecule has 8 nitrogen and oxygen atoms in total. The van der Waals surface area contributed by atoms with Gasteiger partial charge >= 0.3 is 0 Å². The Labute approximate surface area is 168 Å². The molecular formula is C20H20N2O6S. The number of rotatable bonds is 5. The van der Waals surface area contributed by atoms with Crippen molar-refractivity contribution < 1.29 is 27.0 Å². The second-order valence-corrected chi connectivity index (χ2v) is 8.43. The van der Waals surface area contributed by atoms with Gasteiger partial charge in [-0.15, -0.1) is 0 Å². The molecule has 0 N–H and O–H groups in total. The minimum absolute atomic E-state index is 0.0512. The molecule has 0 unspecified atom stereocenters. The molecule has 2 aromatic carbocycles. The fraction of sp³-hybridized carbons (Fsp3) is 0.250. The Hall–Kier alpha value is -3.20. The standard InChI is InChI=1S/C20H20N2O6S/c1-22(2)20-19(21-18(28-20)13-5-4-6-14(11-13)25-3)29(23,24)15-7-8-16-17(12-15)27-10-9-26-16/h4-8,11-12H,9-10H2,1-3H3. The maximum absolute atomic E-state index is 13.3. The van der Waals surface area contributed by atoms with Gasteiger partial charge in [-0.3, -0.25) is 0 Å². The summed E-state index contributed by atoms with van der Waals surface area (Å²) in [5.74, 6) is 1.84. The number of hydrogen-bond acceptors (Lipinski definition) is 8. The lowest BCUT2D eigenvalue weighted by atomic mass is 10.2. The molecule has 29 heavy (non-hydrogen) atoms. The molecule has 0 saturated heterocycles. The summed E-state index contributed by atoms with van der Waals surface area (Å²) in [6, 6.07) is 11.6. The van der Waals surface area contributed by atoms with E-state index < -0.39 is 9.84 Å². The van der Waals surface area contributed by atoms with Gasteiger partial charge in [-0.2, -0.15) is 4.98 Å². The first-order valence-electron chi connectivity index (χ1n) is 8.87. The number of nitrogens with zero attached hydrogens (tertiary/aromatic N) is 2. The van der Waals surface area contributed by atoms with E-state index in [1.54, 1.807) is 56.4 Å². The molecule has 1 aliphatic heterocycles. The van der Waals surface area contributed by atoms with Crippen LogP contribution in [-0.4, -0.2) is 47.8 Å². The third-order valence-corrected chi connectivity index (χ3v) is 6.03. The summed E-state index contributed by atoms with van der Waals surface area (Å²) in [5, 5.41) is -0.169. The molecule has 152 valence electrons. The molecule has 0 bridgehead atoms. The number of anilines is 1. The summed E-state index contributed by atoms with van der Waals surface area (Å²) in [6.07, 6.45) is 0. The van der Waals surface area contributed by atoms with E-state index in [4.69, 9.17) is 18.6 Å². The summed E-state index contributed by atoms with van der Waals surface area (Å²) in [6.45, 7) is 0.792. The Bertz CT molecular complexity index is 1150. The zero-order valence-corrected chi connectivity index (χ0v) is 17.0. The number of hydrogen-bond donors (Lipinski definition) is 0. The fourth-order valence-electron chi connectivity index (χ4n) is 2.94. The van der Waals surface area contributed by atoms with Crippen molar-refractivity contribution in [1.29, 1.82) is 0 Å². The van der Waals surface area contributed by atoms with Crippen LogP contribution in [0.1, 0.15) is 0 Å². The van der Waals surface area contributed by atoms with Gasteiger partial charge in [-0.25, -0.2) is 8.42 Å². The average Bonchev–Trinajstić information content (AvgIpc) is 3.20. The van der Waals surface area contributed by atoms with Gasteiger partial charge in [0.05, 0.1) is 12.0 Å². The van der Waals surface area contributed by atoms with Crippen LogP contribution in [0, 0.1) is 0 Å².